The van der Waals surface area contributed by atoms with Crippen LogP contribution in [0.1, 0.15) is 27.0 Å². The van der Waals surface area contributed by atoms with Crippen LogP contribution in [0.15, 0.2) is 48.8 Å². The van der Waals surface area contributed by atoms with Crippen LogP contribution in [0.2, 0.25) is 5.02 Å². The Morgan fingerprint density at radius 3 is 2.42 bits per heavy atom. The molecule has 1 N–H and O–H groups in total. The zero-order valence-corrected chi connectivity index (χ0v) is 17.3. The zero-order chi connectivity index (χ0) is 23.0. The number of alkyl halides is 3. The first kappa shape index (κ1) is 22.6. The van der Waals surface area contributed by atoms with Crippen molar-refractivity contribution in [3.63, 3.8) is 0 Å². The lowest BCUT2D eigenvalue weighted by molar-refractivity contribution is -0.0500. The van der Waals surface area contributed by atoms with Crippen molar-refractivity contribution < 1.29 is 35.7 Å². The van der Waals surface area contributed by atoms with Gasteiger partial charge in [0.2, 0.25) is 0 Å². The molecule has 0 unspecified atom stereocenters. The first-order valence-electron chi connectivity index (χ1n) is 8.55. The minimum atomic E-state index is -6.07. The molecule has 0 spiro atoms. The van der Waals surface area contributed by atoms with Gasteiger partial charge in [-0.15, -0.1) is 0 Å². The van der Waals surface area contributed by atoms with Gasteiger partial charge in [-0.3, -0.25) is 0 Å². The molecule has 0 aliphatic rings. The van der Waals surface area contributed by atoms with E-state index in [0.717, 1.165) is 17.3 Å². The average Bonchev–Trinajstić information content (AvgIpc) is 3.21. The molecule has 31 heavy (non-hydrogen) atoms. The minimum absolute atomic E-state index is 0.103. The van der Waals surface area contributed by atoms with Crippen molar-refractivity contribution in [2.75, 3.05) is 0 Å². The predicted molar refractivity (Wildman–Crippen MR) is 105 cm³/mol. The lowest BCUT2D eigenvalue weighted by atomic mass is 9.99. The number of carboxylic acid groups (broad SMARTS) is 1. The molecular formula is C19H14ClF3N2O5S. The Hall–Kier alpha value is -3.05. The second-order valence-electron chi connectivity index (χ2n) is 6.43. The van der Waals surface area contributed by atoms with E-state index in [1.54, 1.807) is 47.4 Å². The lowest BCUT2D eigenvalue weighted by Gasteiger charge is -2.17. The third-order valence-corrected chi connectivity index (χ3v) is 5.80. The number of nitrogens with zero attached hydrogens (tertiary/aromatic N) is 2. The molecule has 0 atom stereocenters. The molecule has 0 radical (unpaired) electrons. The molecule has 3 rings (SSSR count). The fourth-order valence-electron chi connectivity index (χ4n) is 2.81. The third-order valence-electron chi connectivity index (χ3n) is 4.32. The van der Waals surface area contributed by atoms with Crippen LogP contribution in [0.25, 0.3) is 5.69 Å². The second-order valence-corrected chi connectivity index (χ2v) is 8.35. The van der Waals surface area contributed by atoms with Crippen LogP contribution in [0, 0.1) is 6.92 Å². The maximum atomic E-state index is 12.7. The number of benzene rings is 2. The summed E-state index contributed by atoms with van der Waals surface area (Å²) in [5.74, 6) is -2.64. The van der Waals surface area contributed by atoms with Crippen LogP contribution in [0.4, 0.5) is 13.2 Å². The van der Waals surface area contributed by atoms with Crippen LogP contribution in [-0.2, 0) is 16.5 Å². The van der Waals surface area contributed by atoms with Gasteiger partial charge in [0.1, 0.15) is 5.56 Å². The summed E-state index contributed by atoms with van der Waals surface area (Å²) in [6, 6.07) is 9.80. The molecule has 2 aromatic carbocycles. The van der Waals surface area contributed by atoms with Crippen LogP contribution in [0.5, 0.6) is 5.75 Å². The topological polar surface area (TPSA) is 98.5 Å². The monoisotopic (exact) mass is 474 g/mol. The van der Waals surface area contributed by atoms with Crippen molar-refractivity contribution >= 4 is 27.7 Å². The SMILES string of the molecule is Cc1c(Cl)c(Cc2ccc(-n3cccn3)cc2)cc(C(=O)O)c1OS(=O)(=O)C(F)(F)F. The van der Waals surface area contributed by atoms with E-state index in [2.05, 4.69) is 9.28 Å². The molecule has 0 saturated carbocycles. The Labute approximate surface area is 179 Å². The minimum Gasteiger partial charge on any atom is -0.478 e. The van der Waals surface area contributed by atoms with E-state index in [1.165, 1.54) is 6.92 Å². The Bertz CT molecular complexity index is 1220. The van der Waals surface area contributed by atoms with Gasteiger partial charge in [0.15, 0.2) is 5.75 Å². The number of aromatic carboxylic acids is 1. The first-order chi connectivity index (χ1) is 14.4. The highest BCUT2D eigenvalue weighted by molar-refractivity contribution is 7.88. The summed E-state index contributed by atoms with van der Waals surface area (Å²) in [5.41, 5.74) is -4.93. The molecule has 164 valence electrons. The molecule has 0 aliphatic carbocycles. The molecular weight excluding hydrogens is 461 g/mol. The van der Waals surface area contributed by atoms with Crippen molar-refractivity contribution in [1.29, 1.82) is 0 Å². The lowest BCUT2D eigenvalue weighted by Crippen LogP contribution is -2.29. The number of hydrogen-bond acceptors (Lipinski definition) is 5. The molecule has 0 amide bonds. The van der Waals surface area contributed by atoms with E-state index in [-0.39, 0.29) is 22.6 Å². The maximum absolute atomic E-state index is 12.7. The Morgan fingerprint density at radius 2 is 1.90 bits per heavy atom. The summed E-state index contributed by atoms with van der Waals surface area (Å²) in [6.07, 6.45) is 3.51. The van der Waals surface area contributed by atoms with Crippen LogP contribution < -0.4 is 4.18 Å². The molecule has 12 heteroatoms. The van der Waals surface area contributed by atoms with Gasteiger partial charge in [-0.25, -0.2) is 9.48 Å². The van der Waals surface area contributed by atoms with E-state index < -0.39 is 32.9 Å². The highest BCUT2D eigenvalue weighted by atomic mass is 35.5. The van der Waals surface area contributed by atoms with Gasteiger partial charge < -0.3 is 9.29 Å². The van der Waals surface area contributed by atoms with E-state index in [0.29, 0.717) is 0 Å². The number of rotatable bonds is 6. The first-order valence-corrected chi connectivity index (χ1v) is 10.3. The Balaban J connectivity index is 1.98. The van der Waals surface area contributed by atoms with Crippen molar-refractivity contribution in [3.8, 4) is 11.4 Å². The van der Waals surface area contributed by atoms with Gasteiger partial charge in [0.05, 0.1) is 10.7 Å². The number of carbonyl (C=O) groups is 1. The van der Waals surface area contributed by atoms with E-state index in [1.807, 2.05) is 0 Å². The fraction of sp³-hybridized carbons (Fsp3) is 0.158. The van der Waals surface area contributed by atoms with Crippen LogP contribution in [0.3, 0.4) is 0 Å². The van der Waals surface area contributed by atoms with Gasteiger partial charge >= 0.3 is 21.6 Å². The summed E-state index contributed by atoms with van der Waals surface area (Å²) >= 11 is 6.22. The van der Waals surface area contributed by atoms with Gasteiger partial charge in [0, 0.05) is 18.0 Å². The van der Waals surface area contributed by atoms with Crippen molar-refractivity contribution in [1.82, 2.24) is 9.78 Å². The number of hydrogen-bond donors (Lipinski definition) is 1. The standard InChI is InChI=1S/C19H14ClF3N2O5S/c1-11-16(20)13(9-12-3-5-14(6-4-12)25-8-2-7-24-25)10-15(18(26)27)17(11)30-31(28,29)19(21,22)23/h2-8,10H,9H2,1H3,(H,26,27). The smallest absolute Gasteiger partial charge is 0.478 e. The second kappa shape index (κ2) is 8.23. The van der Waals surface area contributed by atoms with Crippen molar-refractivity contribution in [2.45, 2.75) is 18.9 Å². The van der Waals surface area contributed by atoms with Crippen molar-refractivity contribution in [2.24, 2.45) is 0 Å². The summed E-state index contributed by atoms with van der Waals surface area (Å²) in [4.78, 5) is 11.6. The number of halogens is 4. The molecule has 0 saturated heterocycles. The summed E-state index contributed by atoms with van der Waals surface area (Å²) in [6.45, 7) is 1.18. The largest absolute Gasteiger partial charge is 0.534 e. The molecule has 3 aromatic rings. The molecule has 0 fully saturated rings. The quantitative estimate of drug-likeness (QED) is 0.421. The fourth-order valence-corrected chi connectivity index (χ4v) is 3.54. The number of aromatic nitrogens is 2. The van der Waals surface area contributed by atoms with Crippen molar-refractivity contribution in [3.05, 3.63) is 76.1 Å². The van der Waals surface area contributed by atoms with Gasteiger partial charge in [-0.2, -0.15) is 26.7 Å². The van der Waals surface area contributed by atoms with Crippen LogP contribution >= 0.6 is 11.6 Å². The highest BCUT2D eigenvalue weighted by Gasteiger charge is 2.49. The summed E-state index contributed by atoms with van der Waals surface area (Å²) < 4.78 is 66.5. The molecule has 0 aliphatic heterocycles. The Morgan fingerprint density at radius 1 is 1.26 bits per heavy atom. The van der Waals surface area contributed by atoms with Gasteiger partial charge in [-0.1, -0.05) is 23.7 Å². The average molecular weight is 475 g/mol. The molecule has 7 nitrogen and oxygen atoms in total. The zero-order valence-electron chi connectivity index (χ0n) is 15.7. The maximum Gasteiger partial charge on any atom is 0.534 e. The van der Waals surface area contributed by atoms with Gasteiger partial charge in [0.25, 0.3) is 0 Å². The summed E-state index contributed by atoms with van der Waals surface area (Å²) in [5, 5.41) is 13.4. The van der Waals surface area contributed by atoms with E-state index >= 15 is 0 Å². The molecule has 1 heterocycles. The van der Waals surface area contributed by atoms with Gasteiger partial charge in [-0.05, 0) is 48.7 Å². The normalized spacial score (nSPS) is 12.0. The number of carboxylic acids is 1. The predicted octanol–water partition coefficient (Wildman–Crippen LogP) is 4.35. The molecule has 0 bridgehead atoms. The van der Waals surface area contributed by atoms with E-state index in [9.17, 15) is 31.5 Å². The van der Waals surface area contributed by atoms with Crippen LogP contribution in [-0.4, -0.2) is 34.8 Å². The summed E-state index contributed by atoms with van der Waals surface area (Å²) in [7, 11) is -6.07. The third kappa shape index (κ3) is 4.67. The van der Waals surface area contributed by atoms with E-state index in [4.69, 9.17) is 11.6 Å². The highest BCUT2D eigenvalue weighted by Crippen LogP contribution is 2.37. The molecule has 1 aromatic heterocycles. The Kier molecular flexibility index (Phi) is 6.01.